The molecule has 1 aliphatic rings. The predicted octanol–water partition coefficient (Wildman–Crippen LogP) is 4.90. The SMILES string of the molecule is COc1ccc(C[C@@H]2S/C(=C(/C#N)C(=O)Nc3ccc(F)cc3)N(c3ccccc3)C2=O)cc1. The van der Waals surface area contributed by atoms with Crippen molar-refractivity contribution < 1.29 is 18.7 Å². The molecule has 4 rings (SSSR count). The van der Waals surface area contributed by atoms with Crippen molar-refractivity contribution in [3.63, 3.8) is 0 Å². The van der Waals surface area contributed by atoms with Crippen LogP contribution in [-0.4, -0.2) is 24.2 Å². The van der Waals surface area contributed by atoms with E-state index in [1.807, 2.05) is 36.4 Å². The fourth-order valence-electron chi connectivity index (χ4n) is 3.50. The van der Waals surface area contributed by atoms with Gasteiger partial charge in [-0.15, -0.1) is 0 Å². The van der Waals surface area contributed by atoms with Gasteiger partial charge >= 0.3 is 0 Å². The van der Waals surface area contributed by atoms with E-state index >= 15 is 0 Å². The molecule has 0 bridgehead atoms. The highest BCUT2D eigenvalue weighted by Crippen LogP contribution is 2.42. The molecular weight excluding hydrogens is 453 g/mol. The maximum absolute atomic E-state index is 13.4. The first kappa shape index (κ1) is 23.1. The Kier molecular flexibility index (Phi) is 6.95. The maximum Gasteiger partial charge on any atom is 0.269 e. The molecule has 6 nitrogen and oxygen atoms in total. The normalized spacial score (nSPS) is 16.7. The molecule has 0 aromatic heterocycles. The number of benzene rings is 3. The molecule has 34 heavy (non-hydrogen) atoms. The van der Waals surface area contributed by atoms with Gasteiger partial charge in [0.05, 0.1) is 12.4 Å². The first-order chi connectivity index (χ1) is 16.5. The Hall–Kier alpha value is -4.09. The molecule has 170 valence electrons. The van der Waals surface area contributed by atoms with Crippen LogP contribution in [0.15, 0.2) is 89.5 Å². The summed E-state index contributed by atoms with van der Waals surface area (Å²) < 4.78 is 18.4. The summed E-state index contributed by atoms with van der Waals surface area (Å²) in [4.78, 5) is 27.8. The largest absolute Gasteiger partial charge is 0.497 e. The number of thioether (sulfide) groups is 1. The Labute approximate surface area is 200 Å². The number of halogens is 1. The monoisotopic (exact) mass is 473 g/mol. The summed E-state index contributed by atoms with van der Waals surface area (Å²) in [6.45, 7) is 0. The van der Waals surface area contributed by atoms with Crippen LogP contribution in [0.5, 0.6) is 5.75 Å². The molecule has 1 fully saturated rings. The fraction of sp³-hybridized carbons (Fsp3) is 0.115. The van der Waals surface area contributed by atoms with Crippen molar-refractivity contribution in [1.82, 2.24) is 0 Å². The fourth-order valence-corrected chi connectivity index (χ4v) is 4.81. The molecule has 0 unspecified atom stereocenters. The Morgan fingerprint density at radius 2 is 1.76 bits per heavy atom. The average Bonchev–Trinajstić information content (AvgIpc) is 3.17. The number of para-hydroxylation sites is 1. The quantitative estimate of drug-likeness (QED) is 0.407. The highest BCUT2D eigenvalue weighted by Gasteiger charge is 2.40. The van der Waals surface area contributed by atoms with Crippen molar-refractivity contribution in [2.75, 3.05) is 17.3 Å². The minimum atomic E-state index is -0.671. The maximum atomic E-state index is 13.4. The topological polar surface area (TPSA) is 82.4 Å². The number of nitriles is 1. The van der Waals surface area contributed by atoms with E-state index in [-0.39, 0.29) is 16.5 Å². The standard InChI is InChI=1S/C26H20FN3O3S/c1-33-21-13-7-17(8-14-21)15-23-25(32)30(20-5-3-2-4-6-20)26(34-23)22(16-28)24(31)29-19-11-9-18(27)10-12-19/h2-14,23H,15H2,1H3,(H,29,31)/b26-22-/t23-/m0/s1. The minimum Gasteiger partial charge on any atom is -0.497 e. The average molecular weight is 474 g/mol. The molecule has 1 aliphatic heterocycles. The van der Waals surface area contributed by atoms with Crippen LogP contribution in [0.25, 0.3) is 0 Å². The lowest BCUT2D eigenvalue weighted by Crippen LogP contribution is -2.30. The molecule has 0 spiro atoms. The van der Waals surface area contributed by atoms with E-state index in [2.05, 4.69) is 5.32 Å². The van der Waals surface area contributed by atoms with Crippen LogP contribution in [0, 0.1) is 17.1 Å². The molecular formula is C26H20FN3O3S. The Bertz CT molecular complexity index is 1270. The lowest BCUT2D eigenvalue weighted by atomic mass is 10.1. The van der Waals surface area contributed by atoms with Gasteiger partial charge in [0, 0.05) is 11.4 Å². The van der Waals surface area contributed by atoms with Gasteiger partial charge in [-0.25, -0.2) is 4.39 Å². The number of rotatable bonds is 6. The van der Waals surface area contributed by atoms with E-state index in [1.165, 1.54) is 40.9 Å². The Morgan fingerprint density at radius 1 is 1.09 bits per heavy atom. The molecule has 2 amide bonds. The van der Waals surface area contributed by atoms with Crippen molar-refractivity contribution in [3.05, 3.63) is 101 Å². The summed E-state index contributed by atoms with van der Waals surface area (Å²) >= 11 is 1.18. The highest BCUT2D eigenvalue weighted by molar-refractivity contribution is 8.05. The third-order valence-corrected chi connectivity index (χ3v) is 6.46. The van der Waals surface area contributed by atoms with Crippen molar-refractivity contribution in [3.8, 4) is 11.8 Å². The smallest absolute Gasteiger partial charge is 0.269 e. The van der Waals surface area contributed by atoms with Gasteiger partial charge in [-0.05, 0) is 60.5 Å². The molecule has 1 saturated heterocycles. The molecule has 1 N–H and O–H groups in total. The predicted molar refractivity (Wildman–Crippen MR) is 130 cm³/mol. The van der Waals surface area contributed by atoms with E-state index in [9.17, 15) is 19.2 Å². The Balaban J connectivity index is 1.68. The highest BCUT2D eigenvalue weighted by atomic mass is 32.2. The summed E-state index contributed by atoms with van der Waals surface area (Å²) in [5.74, 6) is -0.616. The number of methoxy groups -OCH3 is 1. The van der Waals surface area contributed by atoms with Gasteiger partial charge in [-0.1, -0.05) is 42.1 Å². The van der Waals surface area contributed by atoms with Crippen LogP contribution in [0.4, 0.5) is 15.8 Å². The van der Waals surface area contributed by atoms with Gasteiger partial charge in [0.15, 0.2) is 0 Å². The molecule has 1 heterocycles. The molecule has 0 saturated carbocycles. The molecule has 0 radical (unpaired) electrons. The molecule has 0 aliphatic carbocycles. The van der Waals surface area contributed by atoms with E-state index < -0.39 is 17.0 Å². The minimum absolute atomic E-state index is 0.191. The second-order valence-electron chi connectivity index (χ2n) is 7.42. The number of nitrogens with one attached hydrogen (secondary N) is 1. The van der Waals surface area contributed by atoms with E-state index in [0.717, 1.165) is 5.56 Å². The van der Waals surface area contributed by atoms with Gasteiger partial charge < -0.3 is 10.1 Å². The van der Waals surface area contributed by atoms with Crippen molar-refractivity contribution in [1.29, 1.82) is 5.26 Å². The van der Waals surface area contributed by atoms with Crippen LogP contribution in [-0.2, 0) is 16.0 Å². The first-order valence-electron chi connectivity index (χ1n) is 10.4. The zero-order chi connectivity index (χ0) is 24.1. The van der Waals surface area contributed by atoms with Crippen molar-refractivity contribution >= 4 is 35.0 Å². The summed E-state index contributed by atoms with van der Waals surface area (Å²) in [6, 6.07) is 23.5. The van der Waals surface area contributed by atoms with E-state index in [1.54, 1.807) is 31.4 Å². The van der Waals surface area contributed by atoms with Crippen LogP contribution in [0.2, 0.25) is 0 Å². The van der Waals surface area contributed by atoms with Crippen LogP contribution >= 0.6 is 11.8 Å². The second-order valence-corrected chi connectivity index (χ2v) is 8.61. The van der Waals surface area contributed by atoms with Crippen LogP contribution in [0.1, 0.15) is 5.56 Å². The lowest BCUT2D eigenvalue weighted by molar-refractivity contribution is -0.117. The van der Waals surface area contributed by atoms with Crippen molar-refractivity contribution in [2.45, 2.75) is 11.7 Å². The number of carbonyl (C=O) groups excluding carboxylic acids is 2. The third kappa shape index (κ3) is 4.95. The third-order valence-electron chi connectivity index (χ3n) is 5.20. The number of anilines is 2. The molecule has 8 heteroatoms. The van der Waals surface area contributed by atoms with Gasteiger partial charge in [-0.3, -0.25) is 14.5 Å². The zero-order valence-electron chi connectivity index (χ0n) is 18.2. The molecule has 3 aromatic carbocycles. The summed E-state index contributed by atoms with van der Waals surface area (Å²) in [7, 11) is 1.58. The van der Waals surface area contributed by atoms with Crippen molar-refractivity contribution in [2.24, 2.45) is 0 Å². The number of hydrogen-bond donors (Lipinski definition) is 1. The van der Waals surface area contributed by atoms with Gasteiger partial charge in [0.2, 0.25) is 5.91 Å². The van der Waals surface area contributed by atoms with Gasteiger partial charge in [-0.2, -0.15) is 5.26 Å². The molecule has 3 aromatic rings. The first-order valence-corrected chi connectivity index (χ1v) is 11.3. The number of amides is 2. The Morgan fingerprint density at radius 3 is 2.38 bits per heavy atom. The number of hydrogen-bond acceptors (Lipinski definition) is 5. The summed E-state index contributed by atoms with van der Waals surface area (Å²) in [5.41, 5.74) is 1.64. The summed E-state index contributed by atoms with van der Waals surface area (Å²) in [6.07, 6.45) is 0.415. The van der Waals surface area contributed by atoms with E-state index in [0.29, 0.717) is 23.5 Å². The number of carbonyl (C=O) groups is 2. The summed E-state index contributed by atoms with van der Waals surface area (Å²) in [5, 5.41) is 12.2. The second kappa shape index (κ2) is 10.2. The number of ether oxygens (including phenoxy) is 1. The van der Waals surface area contributed by atoms with Crippen LogP contribution < -0.4 is 15.0 Å². The lowest BCUT2D eigenvalue weighted by Gasteiger charge is -2.18. The number of nitrogens with zero attached hydrogens (tertiary/aromatic N) is 2. The van der Waals surface area contributed by atoms with E-state index in [4.69, 9.17) is 4.74 Å². The van der Waals surface area contributed by atoms with Gasteiger partial charge in [0.1, 0.15) is 28.2 Å². The van der Waals surface area contributed by atoms with Crippen LogP contribution in [0.3, 0.4) is 0 Å². The van der Waals surface area contributed by atoms with Gasteiger partial charge in [0.25, 0.3) is 5.91 Å². The zero-order valence-corrected chi connectivity index (χ0v) is 19.0. The molecule has 1 atom stereocenters.